The van der Waals surface area contributed by atoms with E-state index in [1.165, 1.54) is 0 Å². The molecule has 2 N–H and O–H groups in total. The van der Waals surface area contributed by atoms with Crippen LogP contribution in [0.5, 0.6) is 0 Å². The molecule has 0 bridgehead atoms. The third-order valence-electron chi connectivity index (χ3n) is 6.86. The maximum absolute atomic E-state index is 13.6. The Morgan fingerprint density at radius 1 is 1.18 bits per heavy atom. The number of carbonyl (C=O) groups is 1. The topological polar surface area (TPSA) is 81.2 Å². The summed E-state index contributed by atoms with van der Waals surface area (Å²) in [5.74, 6) is 1.02. The zero-order valence-corrected chi connectivity index (χ0v) is 20.5. The number of halogens is 1. The van der Waals surface area contributed by atoms with Crippen LogP contribution in [-0.4, -0.2) is 40.0 Å². The second-order valence-corrected chi connectivity index (χ2v) is 9.65. The van der Waals surface area contributed by atoms with E-state index in [9.17, 15) is 9.59 Å². The molecule has 1 aliphatic rings. The molecule has 0 spiro atoms. The Hall–Kier alpha value is -2.70. The number of benzene rings is 2. The Bertz CT molecular complexity index is 1200. The van der Waals surface area contributed by atoms with Crippen molar-refractivity contribution in [2.45, 2.75) is 45.4 Å². The van der Waals surface area contributed by atoms with Crippen LogP contribution in [0.15, 0.2) is 53.3 Å². The first kappa shape index (κ1) is 24.4. The molecule has 1 aromatic heterocycles. The predicted octanol–water partition coefficient (Wildman–Crippen LogP) is 4.59. The van der Waals surface area contributed by atoms with Crippen molar-refractivity contribution in [2.24, 2.45) is 17.6 Å². The van der Waals surface area contributed by atoms with Gasteiger partial charge in [0.25, 0.3) is 5.56 Å². The number of hydrogen-bond acceptors (Lipinski definition) is 4. The van der Waals surface area contributed by atoms with Crippen LogP contribution >= 0.6 is 11.6 Å². The number of nitrogens with zero attached hydrogens (tertiary/aromatic N) is 3. The van der Waals surface area contributed by atoms with Crippen LogP contribution in [0.25, 0.3) is 16.6 Å². The molecule has 1 saturated heterocycles. The molecule has 1 unspecified atom stereocenters. The number of para-hydroxylation sites is 1. The molecule has 0 aliphatic carbocycles. The first-order valence-corrected chi connectivity index (χ1v) is 12.6. The molecule has 7 heteroatoms. The van der Waals surface area contributed by atoms with Crippen LogP contribution in [0.4, 0.5) is 0 Å². The number of hydrogen-bond donors (Lipinski definition) is 1. The summed E-state index contributed by atoms with van der Waals surface area (Å²) in [6.45, 7) is 4.30. The van der Waals surface area contributed by atoms with Crippen LogP contribution < -0.4 is 11.3 Å². The van der Waals surface area contributed by atoms with Gasteiger partial charge >= 0.3 is 0 Å². The molecule has 4 rings (SSSR count). The average molecular weight is 481 g/mol. The normalized spacial score (nSPS) is 15.6. The molecule has 3 aromatic rings. The van der Waals surface area contributed by atoms with Crippen LogP contribution in [-0.2, 0) is 11.2 Å². The van der Waals surface area contributed by atoms with Crippen molar-refractivity contribution in [1.29, 1.82) is 0 Å². The largest absolute Gasteiger partial charge is 0.342 e. The van der Waals surface area contributed by atoms with Gasteiger partial charge in [-0.05, 0) is 62.1 Å². The van der Waals surface area contributed by atoms with Gasteiger partial charge in [-0.3, -0.25) is 14.2 Å². The monoisotopic (exact) mass is 480 g/mol. The molecule has 6 nitrogen and oxygen atoms in total. The molecule has 1 amide bonds. The van der Waals surface area contributed by atoms with Crippen molar-refractivity contribution in [2.75, 3.05) is 19.6 Å². The predicted molar refractivity (Wildman–Crippen MR) is 137 cm³/mol. The van der Waals surface area contributed by atoms with E-state index in [0.717, 1.165) is 45.2 Å². The highest BCUT2D eigenvalue weighted by Crippen LogP contribution is 2.24. The summed E-state index contributed by atoms with van der Waals surface area (Å²) in [6.07, 6.45) is 5.02. The number of amides is 1. The van der Waals surface area contributed by atoms with Gasteiger partial charge in [0.05, 0.1) is 16.6 Å². The Labute approximate surface area is 205 Å². The van der Waals surface area contributed by atoms with Crippen molar-refractivity contribution < 1.29 is 4.79 Å². The van der Waals surface area contributed by atoms with Crippen LogP contribution in [0.1, 0.15) is 44.9 Å². The van der Waals surface area contributed by atoms with Gasteiger partial charge in [-0.1, -0.05) is 49.6 Å². The zero-order valence-electron chi connectivity index (χ0n) is 19.8. The molecule has 180 valence electrons. The van der Waals surface area contributed by atoms with E-state index in [1.807, 2.05) is 35.2 Å². The number of nitrogens with two attached hydrogens (primary N) is 1. The first-order chi connectivity index (χ1) is 16.5. The van der Waals surface area contributed by atoms with Crippen molar-refractivity contribution >= 4 is 28.4 Å². The fraction of sp³-hybridized carbons (Fsp3) is 0.444. The fourth-order valence-electron chi connectivity index (χ4n) is 4.83. The molecule has 2 aromatic carbocycles. The van der Waals surface area contributed by atoms with Gasteiger partial charge in [-0.2, -0.15) is 0 Å². The number of piperidine rings is 1. The van der Waals surface area contributed by atoms with Gasteiger partial charge in [-0.15, -0.1) is 0 Å². The summed E-state index contributed by atoms with van der Waals surface area (Å²) < 4.78 is 1.63. The Kier molecular flexibility index (Phi) is 8.01. The first-order valence-electron chi connectivity index (χ1n) is 12.3. The van der Waals surface area contributed by atoms with E-state index < -0.39 is 0 Å². The van der Waals surface area contributed by atoms with E-state index >= 15 is 0 Å². The lowest BCUT2D eigenvalue weighted by Crippen LogP contribution is -2.43. The minimum Gasteiger partial charge on any atom is -0.342 e. The third kappa shape index (κ3) is 5.34. The average Bonchev–Trinajstić information content (AvgIpc) is 2.86. The summed E-state index contributed by atoms with van der Waals surface area (Å²) in [5, 5.41) is 1.09. The maximum atomic E-state index is 13.6. The highest BCUT2D eigenvalue weighted by atomic mass is 35.5. The van der Waals surface area contributed by atoms with E-state index in [4.69, 9.17) is 22.3 Å². The van der Waals surface area contributed by atoms with Gasteiger partial charge in [0.1, 0.15) is 5.82 Å². The van der Waals surface area contributed by atoms with Crippen molar-refractivity contribution in [1.82, 2.24) is 14.5 Å². The smallest absolute Gasteiger partial charge is 0.265 e. The molecular formula is C27H33ClN4O2. The van der Waals surface area contributed by atoms with Gasteiger partial charge in [0.15, 0.2) is 0 Å². The molecule has 1 aliphatic heterocycles. The molecule has 0 saturated carbocycles. The fourth-order valence-corrected chi connectivity index (χ4v) is 5.01. The minimum absolute atomic E-state index is 0.145. The van der Waals surface area contributed by atoms with E-state index in [1.54, 1.807) is 22.8 Å². The lowest BCUT2D eigenvalue weighted by molar-refractivity contribution is -0.137. The Morgan fingerprint density at radius 3 is 2.65 bits per heavy atom. The number of likely N-dealkylation sites (tertiary alicyclic amines) is 1. The maximum Gasteiger partial charge on any atom is 0.265 e. The van der Waals surface area contributed by atoms with E-state index in [2.05, 4.69) is 6.92 Å². The van der Waals surface area contributed by atoms with Crippen LogP contribution in [0, 0.1) is 11.8 Å². The standard InChI is InChI=1S/C27H33ClN4O2/c1-2-3-7-20(26(33)31-14-12-19(18-29)13-15-31)16-25-30-24-11-5-4-10-23(24)27(34)32(25)22-9-6-8-21(28)17-22/h4-6,8-11,17,19-20H,2-3,7,12-16,18,29H2,1H3. The van der Waals surface area contributed by atoms with Crippen molar-refractivity contribution in [3.05, 3.63) is 69.7 Å². The lowest BCUT2D eigenvalue weighted by Gasteiger charge is -2.34. The number of carbonyl (C=O) groups excluding carboxylic acids is 1. The minimum atomic E-state index is -0.229. The molecule has 34 heavy (non-hydrogen) atoms. The number of unbranched alkanes of at least 4 members (excludes halogenated alkanes) is 1. The second kappa shape index (κ2) is 11.2. The summed E-state index contributed by atoms with van der Waals surface area (Å²) in [4.78, 5) is 34.0. The quantitative estimate of drug-likeness (QED) is 0.511. The van der Waals surface area contributed by atoms with Gasteiger partial charge in [0, 0.05) is 30.5 Å². The lowest BCUT2D eigenvalue weighted by atomic mass is 9.92. The Balaban J connectivity index is 1.73. The van der Waals surface area contributed by atoms with Crippen molar-refractivity contribution in [3.8, 4) is 5.69 Å². The highest BCUT2D eigenvalue weighted by molar-refractivity contribution is 6.30. The highest BCUT2D eigenvalue weighted by Gasteiger charge is 2.29. The molecular weight excluding hydrogens is 448 g/mol. The van der Waals surface area contributed by atoms with Crippen LogP contribution in [0.2, 0.25) is 5.02 Å². The Morgan fingerprint density at radius 2 is 1.94 bits per heavy atom. The number of fused-ring (bicyclic) bond motifs is 1. The summed E-state index contributed by atoms with van der Waals surface area (Å²) in [7, 11) is 0. The van der Waals surface area contributed by atoms with Gasteiger partial charge in [0.2, 0.25) is 5.91 Å². The molecule has 1 atom stereocenters. The summed E-state index contributed by atoms with van der Waals surface area (Å²) in [5.41, 5.74) is 7.00. The van der Waals surface area contributed by atoms with E-state index in [-0.39, 0.29) is 17.4 Å². The molecule has 1 fully saturated rings. The third-order valence-corrected chi connectivity index (χ3v) is 7.09. The summed E-state index contributed by atoms with van der Waals surface area (Å²) in [6, 6.07) is 14.6. The summed E-state index contributed by atoms with van der Waals surface area (Å²) >= 11 is 6.26. The van der Waals surface area contributed by atoms with Gasteiger partial charge < -0.3 is 10.6 Å². The van der Waals surface area contributed by atoms with Crippen LogP contribution in [0.3, 0.4) is 0 Å². The SMILES string of the molecule is CCCCC(Cc1nc2ccccc2c(=O)n1-c1cccc(Cl)c1)C(=O)N1CCC(CN)CC1. The van der Waals surface area contributed by atoms with Gasteiger partial charge in [-0.25, -0.2) is 4.98 Å². The number of aromatic nitrogens is 2. The van der Waals surface area contributed by atoms with E-state index in [0.29, 0.717) is 46.3 Å². The number of rotatable bonds is 8. The second-order valence-electron chi connectivity index (χ2n) is 9.21. The molecule has 0 radical (unpaired) electrons. The van der Waals surface area contributed by atoms with Crippen molar-refractivity contribution in [3.63, 3.8) is 0 Å². The zero-order chi connectivity index (χ0) is 24.1. The molecule has 2 heterocycles.